The van der Waals surface area contributed by atoms with E-state index in [0.717, 1.165) is 0 Å². The van der Waals surface area contributed by atoms with Gasteiger partial charge in [0.05, 0.1) is 30.5 Å². The van der Waals surface area contributed by atoms with Gasteiger partial charge in [-0.25, -0.2) is 4.79 Å². The molecule has 1 aromatic carbocycles. The Balaban J connectivity index is 2.72. The van der Waals surface area contributed by atoms with Crippen molar-refractivity contribution in [2.24, 2.45) is 0 Å². The van der Waals surface area contributed by atoms with Gasteiger partial charge < -0.3 is 15.4 Å². The van der Waals surface area contributed by atoms with Crippen LogP contribution < -0.4 is 15.4 Å². The van der Waals surface area contributed by atoms with Gasteiger partial charge in [0.1, 0.15) is 5.75 Å². The number of carbonyl (C=O) groups excluding carboxylic acids is 1. The Morgan fingerprint density at radius 1 is 1.53 bits per heavy atom. The van der Waals surface area contributed by atoms with Crippen LogP contribution >= 0.6 is 0 Å². The molecular formula is C11H14FN3O4. The Morgan fingerprint density at radius 3 is 2.84 bits per heavy atom. The molecule has 104 valence electrons. The van der Waals surface area contributed by atoms with E-state index in [4.69, 9.17) is 4.74 Å². The van der Waals surface area contributed by atoms with Crippen LogP contribution in [0.15, 0.2) is 18.2 Å². The summed E-state index contributed by atoms with van der Waals surface area (Å²) < 4.78 is 16.8. The van der Waals surface area contributed by atoms with Gasteiger partial charge in [-0.2, -0.15) is 0 Å². The summed E-state index contributed by atoms with van der Waals surface area (Å²) in [7, 11) is 1.34. The number of methoxy groups -OCH3 is 1. The summed E-state index contributed by atoms with van der Waals surface area (Å²) in [6.07, 6.45) is 0.227. The van der Waals surface area contributed by atoms with E-state index in [1.807, 2.05) is 0 Å². The number of amides is 2. The minimum atomic E-state index is -0.562. The van der Waals surface area contributed by atoms with Crippen LogP contribution in [-0.4, -0.2) is 31.3 Å². The predicted molar refractivity (Wildman–Crippen MR) is 67.3 cm³/mol. The smallest absolute Gasteiger partial charge is 0.319 e. The normalized spacial score (nSPS) is 9.79. The second-order valence-electron chi connectivity index (χ2n) is 3.57. The number of benzene rings is 1. The molecule has 0 aliphatic carbocycles. The number of hydrogen-bond acceptors (Lipinski definition) is 4. The van der Waals surface area contributed by atoms with E-state index in [1.54, 1.807) is 0 Å². The lowest BCUT2D eigenvalue weighted by atomic mass is 10.2. The molecule has 0 spiro atoms. The number of anilines is 1. The molecule has 0 aromatic heterocycles. The first kappa shape index (κ1) is 14.7. The third-order valence-corrected chi connectivity index (χ3v) is 2.24. The van der Waals surface area contributed by atoms with Gasteiger partial charge in [0.25, 0.3) is 5.69 Å². The fraction of sp³-hybridized carbons (Fsp3) is 0.364. The van der Waals surface area contributed by atoms with Crippen molar-refractivity contribution in [3.8, 4) is 5.75 Å². The summed E-state index contributed by atoms with van der Waals surface area (Å²) in [6.45, 7) is -0.307. The fourth-order valence-electron chi connectivity index (χ4n) is 1.33. The summed E-state index contributed by atoms with van der Waals surface area (Å²) in [5.41, 5.74) is 0.158. The van der Waals surface area contributed by atoms with E-state index in [2.05, 4.69) is 10.6 Å². The van der Waals surface area contributed by atoms with Crippen molar-refractivity contribution in [3.05, 3.63) is 28.3 Å². The molecule has 0 aliphatic heterocycles. The van der Waals surface area contributed by atoms with E-state index in [-0.39, 0.29) is 24.4 Å². The Kier molecular flexibility index (Phi) is 5.52. The summed E-state index contributed by atoms with van der Waals surface area (Å²) in [5.74, 6) is 0.176. The first-order valence-corrected chi connectivity index (χ1v) is 5.51. The van der Waals surface area contributed by atoms with Crippen LogP contribution in [0.2, 0.25) is 0 Å². The lowest BCUT2D eigenvalue weighted by molar-refractivity contribution is -0.384. The molecule has 0 bridgehead atoms. The highest BCUT2D eigenvalue weighted by atomic mass is 19.1. The van der Waals surface area contributed by atoms with Crippen LogP contribution in [0.4, 0.5) is 20.6 Å². The number of nitro benzene ring substituents is 1. The molecule has 7 nitrogen and oxygen atoms in total. The molecule has 0 heterocycles. The van der Waals surface area contributed by atoms with Crippen molar-refractivity contribution in [1.29, 1.82) is 0 Å². The lowest BCUT2D eigenvalue weighted by Crippen LogP contribution is -2.29. The van der Waals surface area contributed by atoms with Gasteiger partial charge in [0.15, 0.2) is 0 Å². The first-order valence-electron chi connectivity index (χ1n) is 5.51. The van der Waals surface area contributed by atoms with E-state index < -0.39 is 17.6 Å². The number of halogens is 1. The fourth-order valence-corrected chi connectivity index (χ4v) is 1.33. The first-order chi connectivity index (χ1) is 9.08. The largest absolute Gasteiger partial charge is 0.494 e. The van der Waals surface area contributed by atoms with Gasteiger partial charge in [0, 0.05) is 12.6 Å². The van der Waals surface area contributed by atoms with Gasteiger partial charge >= 0.3 is 6.03 Å². The van der Waals surface area contributed by atoms with Crippen molar-refractivity contribution < 1.29 is 18.8 Å². The molecule has 8 heteroatoms. The number of nitrogens with one attached hydrogen (secondary N) is 2. The molecule has 0 saturated heterocycles. The molecule has 0 saturated carbocycles. The van der Waals surface area contributed by atoms with Gasteiger partial charge in [-0.15, -0.1) is 0 Å². The number of ether oxygens (including phenoxy) is 1. The Bertz CT molecular complexity index is 467. The van der Waals surface area contributed by atoms with E-state index >= 15 is 0 Å². The molecule has 1 aromatic rings. The molecule has 0 unspecified atom stereocenters. The predicted octanol–water partition coefficient (Wildman–Crippen LogP) is 2.08. The molecule has 0 atom stereocenters. The van der Waals surface area contributed by atoms with Gasteiger partial charge in [-0.1, -0.05) is 0 Å². The molecular weight excluding hydrogens is 257 g/mol. The third-order valence-electron chi connectivity index (χ3n) is 2.24. The second kappa shape index (κ2) is 7.14. The zero-order valence-corrected chi connectivity index (χ0v) is 10.3. The highest BCUT2D eigenvalue weighted by Gasteiger charge is 2.12. The van der Waals surface area contributed by atoms with Crippen LogP contribution in [0, 0.1) is 10.1 Å². The van der Waals surface area contributed by atoms with Gasteiger partial charge in [-0.3, -0.25) is 14.5 Å². The molecule has 1 rings (SSSR count). The average Bonchev–Trinajstić information content (AvgIpc) is 2.39. The van der Waals surface area contributed by atoms with Crippen LogP contribution in [0.5, 0.6) is 5.75 Å². The maximum Gasteiger partial charge on any atom is 0.319 e. The molecule has 19 heavy (non-hydrogen) atoms. The number of nitro groups is 1. The SMILES string of the molecule is COc1cc([N+](=O)[O-])ccc1NC(=O)NCCCF. The molecule has 0 fully saturated rings. The molecule has 2 amide bonds. The van der Waals surface area contributed by atoms with Crippen molar-refractivity contribution in [2.75, 3.05) is 25.6 Å². The van der Waals surface area contributed by atoms with Crippen LogP contribution in [-0.2, 0) is 0 Å². The summed E-state index contributed by atoms with van der Waals surface area (Å²) >= 11 is 0. The number of carbonyl (C=O) groups is 1. The zero-order chi connectivity index (χ0) is 14.3. The summed E-state index contributed by atoms with van der Waals surface area (Å²) in [6, 6.07) is 3.29. The molecule has 2 N–H and O–H groups in total. The number of urea groups is 1. The van der Waals surface area contributed by atoms with Gasteiger partial charge in [-0.05, 0) is 12.5 Å². The van der Waals surface area contributed by atoms with Crippen LogP contribution in [0.3, 0.4) is 0 Å². The van der Waals surface area contributed by atoms with Crippen LogP contribution in [0.1, 0.15) is 6.42 Å². The zero-order valence-electron chi connectivity index (χ0n) is 10.3. The minimum absolute atomic E-state index is 0.139. The number of hydrogen-bond donors (Lipinski definition) is 2. The van der Waals surface area contributed by atoms with Crippen molar-refractivity contribution in [3.63, 3.8) is 0 Å². The molecule has 0 radical (unpaired) electrons. The highest BCUT2D eigenvalue weighted by molar-refractivity contribution is 5.91. The van der Waals surface area contributed by atoms with E-state index in [1.165, 1.54) is 25.3 Å². The number of alkyl halides is 1. The van der Waals surface area contributed by atoms with E-state index in [9.17, 15) is 19.3 Å². The Hall–Kier alpha value is -2.38. The van der Waals surface area contributed by atoms with Crippen LogP contribution in [0.25, 0.3) is 0 Å². The number of non-ortho nitro benzene ring substituents is 1. The van der Waals surface area contributed by atoms with E-state index in [0.29, 0.717) is 5.69 Å². The maximum absolute atomic E-state index is 11.9. The Morgan fingerprint density at radius 2 is 2.26 bits per heavy atom. The van der Waals surface area contributed by atoms with Crippen molar-refractivity contribution in [1.82, 2.24) is 5.32 Å². The highest BCUT2D eigenvalue weighted by Crippen LogP contribution is 2.28. The monoisotopic (exact) mass is 271 g/mol. The maximum atomic E-state index is 11.9. The Labute approximate surface area is 108 Å². The quantitative estimate of drug-likeness (QED) is 0.470. The average molecular weight is 271 g/mol. The van der Waals surface area contributed by atoms with Crippen molar-refractivity contribution in [2.45, 2.75) is 6.42 Å². The molecule has 0 aliphatic rings. The van der Waals surface area contributed by atoms with Crippen molar-refractivity contribution >= 4 is 17.4 Å². The van der Waals surface area contributed by atoms with Gasteiger partial charge in [0.2, 0.25) is 0 Å². The summed E-state index contributed by atoms with van der Waals surface area (Å²) in [4.78, 5) is 21.5. The lowest BCUT2D eigenvalue weighted by Gasteiger charge is -2.10. The summed E-state index contributed by atoms with van der Waals surface area (Å²) in [5, 5.41) is 15.5. The minimum Gasteiger partial charge on any atom is -0.494 e. The number of nitrogens with zero attached hydrogens (tertiary/aromatic N) is 1. The standard InChI is InChI=1S/C11H14FN3O4/c1-19-10-7-8(15(17)18)3-4-9(10)14-11(16)13-6-2-5-12/h3-4,7H,2,5-6H2,1H3,(H2,13,14,16). The third kappa shape index (κ3) is 4.41. The topological polar surface area (TPSA) is 93.5 Å². The second-order valence-corrected chi connectivity index (χ2v) is 3.57. The number of rotatable bonds is 6.